The van der Waals surface area contributed by atoms with Gasteiger partial charge >= 0.3 is 0 Å². The number of hydrogen-bond donors (Lipinski definition) is 0. The molecule has 0 aromatic rings. The summed E-state index contributed by atoms with van der Waals surface area (Å²) in [6, 6.07) is 0. The van der Waals surface area contributed by atoms with Gasteiger partial charge in [-0.05, 0) is 18.8 Å². The van der Waals surface area contributed by atoms with Crippen molar-refractivity contribution in [3.63, 3.8) is 0 Å². The van der Waals surface area contributed by atoms with E-state index in [2.05, 4.69) is 23.8 Å². The lowest BCUT2D eigenvalue weighted by atomic mass is 9.90. The van der Waals surface area contributed by atoms with Gasteiger partial charge < -0.3 is 0 Å². The minimum absolute atomic E-state index is 0.800. The normalized spacial score (nSPS) is 14.7. The van der Waals surface area contributed by atoms with Crippen LogP contribution in [0.4, 0.5) is 0 Å². The summed E-state index contributed by atoms with van der Waals surface area (Å²) < 4.78 is 0. The Kier molecular flexibility index (Phi) is 13.9. The molecule has 0 bridgehead atoms. The Labute approximate surface area is 151 Å². The van der Waals surface area contributed by atoms with Crippen molar-refractivity contribution in [2.24, 2.45) is 15.9 Å². The van der Waals surface area contributed by atoms with Crippen LogP contribution in [0.5, 0.6) is 0 Å². The highest BCUT2D eigenvalue weighted by Gasteiger charge is 2.21. The summed E-state index contributed by atoms with van der Waals surface area (Å²) in [4.78, 5) is 8.78. The number of rotatable bonds is 17. The summed E-state index contributed by atoms with van der Waals surface area (Å²) in [6.07, 6.45) is 26.8. The first-order chi connectivity index (χ1) is 11.9. The first kappa shape index (κ1) is 21.3. The fourth-order valence-corrected chi connectivity index (χ4v) is 3.59. The summed E-state index contributed by atoms with van der Waals surface area (Å²) in [5, 5.41) is 0. The van der Waals surface area contributed by atoms with Gasteiger partial charge in [-0.15, -0.1) is 0 Å². The summed E-state index contributed by atoms with van der Waals surface area (Å²) in [5.41, 5.74) is 0. The van der Waals surface area contributed by atoms with Gasteiger partial charge in [-0.3, -0.25) is 0 Å². The lowest BCUT2D eigenvalue weighted by Gasteiger charge is -2.15. The van der Waals surface area contributed by atoms with Crippen LogP contribution in [0.15, 0.2) is 9.98 Å². The van der Waals surface area contributed by atoms with E-state index in [1.807, 2.05) is 12.4 Å². The predicted molar refractivity (Wildman–Crippen MR) is 109 cm³/mol. The van der Waals surface area contributed by atoms with Crippen LogP contribution in [0.3, 0.4) is 0 Å². The van der Waals surface area contributed by atoms with E-state index in [9.17, 15) is 0 Å². The molecule has 0 spiro atoms. The molecule has 0 N–H and O–H groups in total. The van der Waals surface area contributed by atoms with Gasteiger partial charge in [-0.2, -0.15) is 0 Å². The predicted octanol–water partition coefficient (Wildman–Crippen LogP) is 7.53. The Bertz CT molecular complexity index is 310. The zero-order valence-electron chi connectivity index (χ0n) is 16.4. The molecule has 0 fully saturated rings. The minimum Gasteiger partial charge on any atom is -0.0968 e. The van der Waals surface area contributed by atoms with Crippen molar-refractivity contribution in [1.82, 2.24) is 0 Å². The zero-order chi connectivity index (χ0) is 17.3. The van der Waals surface area contributed by atoms with Crippen LogP contribution in [-0.2, 0) is 0 Å². The first-order valence-corrected chi connectivity index (χ1v) is 10.8. The average molecular weight is 334 g/mol. The summed E-state index contributed by atoms with van der Waals surface area (Å²) in [5.74, 6) is 0.800. The van der Waals surface area contributed by atoms with Crippen molar-refractivity contribution in [3.05, 3.63) is 6.17 Å². The summed E-state index contributed by atoms with van der Waals surface area (Å²) in [6.45, 7) is 4.58. The fraction of sp³-hybridized carbons (Fsp3) is 0.864. The van der Waals surface area contributed by atoms with E-state index in [4.69, 9.17) is 0 Å². The molecule has 0 aromatic heterocycles. The van der Waals surface area contributed by atoms with E-state index in [0.717, 1.165) is 18.5 Å². The van der Waals surface area contributed by atoms with Crippen LogP contribution in [0, 0.1) is 12.1 Å². The first-order valence-electron chi connectivity index (χ1n) is 10.8. The smallest absolute Gasteiger partial charge is 0.0968 e. The quantitative estimate of drug-likeness (QED) is 0.194. The third-order valence-corrected chi connectivity index (χ3v) is 5.17. The highest BCUT2D eigenvalue weighted by molar-refractivity contribution is 6.18. The van der Waals surface area contributed by atoms with Gasteiger partial charge in [0.05, 0.1) is 6.42 Å². The van der Waals surface area contributed by atoms with Gasteiger partial charge in [0.2, 0.25) is 6.17 Å². The monoisotopic (exact) mass is 333 g/mol. The minimum atomic E-state index is 0.800. The Morgan fingerprint density at radius 1 is 0.625 bits per heavy atom. The molecule has 1 rings (SSSR count). The average Bonchev–Trinajstić information content (AvgIpc) is 3.10. The molecule has 138 valence electrons. The molecular weight excluding hydrogens is 292 g/mol. The van der Waals surface area contributed by atoms with Gasteiger partial charge in [-0.1, -0.05) is 107 Å². The molecular formula is C22H41N2+. The van der Waals surface area contributed by atoms with Crippen molar-refractivity contribution >= 4 is 12.4 Å². The lowest BCUT2D eigenvalue weighted by Crippen LogP contribution is -2.05. The maximum Gasteiger partial charge on any atom is 0.240 e. The molecule has 2 nitrogen and oxygen atoms in total. The maximum absolute atomic E-state index is 4.39. The maximum atomic E-state index is 4.39. The molecule has 0 amide bonds. The van der Waals surface area contributed by atoms with Crippen LogP contribution in [-0.4, -0.2) is 12.4 Å². The van der Waals surface area contributed by atoms with Crippen LogP contribution in [0.1, 0.15) is 117 Å². The van der Waals surface area contributed by atoms with E-state index >= 15 is 0 Å². The summed E-state index contributed by atoms with van der Waals surface area (Å²) >= 11 is 0. The second-order valence-corrected chi connectivity index (χ2v) is 7.51. The fourth-order valence-electron chi connectivity index (χ4n) is 3.59. The molecule has 1 heterocycles. The van der Waals surface area contributed by atoms with Crippen LogP contribution >= 0.6 is 0 Å². The molecule has 1 unspecified atom stereocenters. The second kappa shape index (κ2) is 15.7. The molecule has 0 saturated carbocycles. The van der Waals surface area contributed by atoms with Gasteiger partial charge in [-0.25, -0.2) is 0 Å². The molecule has 0 aliphatic carbocycles. The number of aliphatic imine (C=N–C) groups is 2. The third kappa shape index (κ3) is 11.7. The second-order valence-electron chi connectivity index (χ2n) is 7.51. The van der Waals surface area contributed by atoms with E-state index in [1.54, 1.807) is 0 Å². The van der Waals surface area contributed by atoms with Crippen LogP contribution in [0.25, 0.3) is 0 Å². The molecule has 1 aliphatic rings. The number of nitrogens with zero attached hydrogens (tertiary/aromatic N) is 2. The molecule has 0 saturated heterocycles. The van der Waals surface area contributed by atoms with E-state index < -0.39 is 0 Å². The van der Waals surface area contributed by atoms with Gasteiger partial charge in [0, 0.05) is 0 Å². The van der Waals surface area contributed by atoms with E-state index in [1.165, 1.54) is 96.3 Å². The van der Waals surface area contributed by atoms with Crippen molar-refractivity contribution < 1.29 is 0 Å². The van der Waals surface area contributed by atoms with Gasteiger partial charge in [0.15, 0.2) is 12.4 Å². The van der Waals surface area contributed by atoms with Crippen molar-refractivity contribution in [1.29, 1.82) is 0 Å². The topological polar surface area (TPSA) is 24.7 Å². The number of hydrogen-bond acceptors (Lipinski definition) is 2. The van der Waals surface area contributed by atoms with Crippen LogP contribution < -0.4 is 0 Å². The number of unbranched alkanes of at least 4 members (excludes halogenated alkanes) is 11. The Morgan fingerprint density at radius 3 is 1.50 bits per heavy atom. The van der Waals surface area contributed by atoms with Crippen molar-refractivity contribution in [2.75, 3.05) is 0 Å². The molecule has 1 aliphatic heterocycles. The van der Waals surface area contributed by atoms with E-state index in [-0.39, 0.29) is 0 Å². The lowest BCUT2D eigenvalue weighted by molar-refractivity contribution is 0.384. The largest absolute Gasteiger partial charge is 0.240 e. The standard InChI is InChI=1S/C22H41N2/c1-3-5-7-9-11-13-15-17-21(20-22-23-18-19-24-22)16-14-12-10-8-6-4-2/h18-19,21H,3-17,20H2,1-2H3/q+1. The zero-order valence-corrected chi connectivity index (χ0v) is 16.4. The Balaban J connectivity index is 2.12. The third-order valence-electron chi connectivity index (χ3n) is 5.17. The molecule has 0 radical (unpaired) electrons. The van der Waals surface area contributed by atoms with Crippen molar-refractivity contribution in [2.45, 2.75) is 117 Å². The highest BCUT2D eigenvalue weighted by atomic mass is 15.0. The van der Waals surface area contributed by atoms with Gasteiger partial charge in [0.25, 0.3) is 0 Å². The molecule has 24 heavy (non-hydrogen) atoms. The summed E-state index contributed by atoms with van der Waals surface area (Å²) in [7, 11) is 0. The van der Waals surface area contributed by atoms with Crippen LogP contribution in [0.2, 0.25) is 0 Å². The molecule has 1 atom stereocenters. The van der Waals surface area contributed by atoms with Gasteiger partial charge in [0.1, 0.15) is 0 Å². The Hall–Kier alpha value is -0.790. The Morgan fingerprint density at radius 2 is 1.04 bits per heavy atom. The highest BCUT2D eigenvalue weighted by Crippen LogP contribution is 2.28. The SMILES string of the molecule is CCCCCCCCCC(CCCCCCCC)C[C+]1N=CC=N1. The van der Waals surface area contributed by atoms with Crippen molar-refractivity contribution in [3.8, 4) is 0 Å². The molecule has 2 heteroatoms. The van der Waals surface area contributed by atoms with E-state index in [0.29, 0.717) is 0 Å². The molecule has 0 aromatic carbocycles.